The van der Waals surface area contributed by atoms with Crippen molar-refractivity contribution in [1.82, 2.24) is 5.32 Å². The van der Waals surface area contributed by atoms with Gasteiger partial charge in [0, 0.05) is 0 Å². The minimum absolute atomic E-state index is 0.262. The molecule has 0 unspecified atom stereocenters. The van der Waals surface area contributed by atoms with E-state index in [-0.39, 0.29) is 5.41 Å². The van der Waals surface area contributed by atoms with Crippen molar-refractivity contribution >= 4 is 0 Å². The number of hydrogen-bond donors (Lipinski definition) is 1. The van der Waals surface area contributed by atoms with Crippen LogP contribution in [0.4, 0.5) is 0 Å². The largest absolute Gasteiger partial charge is 0.317 e. The van der Waals surface area contributed by atoms with E-state index in [0.29, 0.717) is 0 Å². The van der Waals surface area contributed by atoms with Crippen molar-refractivity contribution in [1.29, 1.82) is 5.26 Å². The maximum atomic E-state index is 9.50. The highest BCUT2D eigenvalue weighted by Crippen LogP contribution is 2.33. The third-order valence-electron chi connectivity index (χ3n) is 3.45. The minimum Gasteiger partial charge on any atom is -0.317 e. The van der Waals surface area contributed by atoms with Crippen molar-refractivity contribution in [2.24, 2.45) is 0 Å². The van der Waals surface area contributed by atoms with Crippen LogP contribution in [0.25, 0.3) is 0 Å². The molecule has 2 heteroatoms. The second-order valence-corrected chi connectivity index (χ2v) is 4.82. The predicted octanol–water partition coefficient (Wildman–Crippen LogP) is 2.45. The van der Waals surface area contributed by atoms with E-state index in [2.05, 4.69) is 43.4 Å². The molecular formula is C14H18N2. The fourth-order valence-electron chi connectivity index (χ4n) is 2.57. The monoisotopic (exact) mass is 214 g/mol. The summed E-state index contributed by atoms with van der Waals surface area (Å²) in [7, 11) is 0. The second-order valence-electron chi connectivity index (χ2n) is 4.82. The van der Waals surface area contributed by atoms with Gasteiger partial charge in [-0.25, -0.2) is 0 Å². The van der Waals surface area contributed by atoms with Crippen LogP contribution in [0.2, 0.25) is 0 Å². The molecule has 1 aromatic rings. The van der Waals surface area contributed by atoms with Crippen LogP contribution in [0.1, 0.15) is 29.5 Å². The predicted molar refractivity (Wildman–Crippen MR) is 65.3 cm³/mol. The normalized spacial score (nSPS) is 19.1. The molecule has 1 aromatic carbocycles. The average molecular weight is 214 g/mol. The molecule has 16 heavy (non-hydrogen) atoms. The van der Waals surface area contributed by atoms with Crippen LogP contribution < -0.4 is 5.32 Å². The number of aryl methyl sites for hydroxylation is 2. The van der Waals surface area contributed by atoms with Gasteiger partial charge < -0.3 is 5.32 Å². The summed E-state index contributed by atoms with van der Waals surface area (Å²) in [5, 5.41) is 12.8. The smallest absolute Gasteiger partial charge is 0.0846 e. The first kappa shape index (κ1) is 11.2. The molecule has 84 valence electrons. The molecule has 0 radical (unpaired) electrons. The van der Waals surface area contributed by atoms with Crippen LogP contribution >= 0.6 is 0 Å². The molecule has 2 nitrogen and oxygen atoms in total. The highest BCUT2D eigenvalue weighted by atomic mass is 14.9. The van der Waals surface area contributed by atoms with E-state index in [1.54, 1.807) is 0 Å². The molecule has 0 aliphatic carbocycles. The zero-order chi connectivity index (χ0) is 11.6. The topological polar surface area (TPSA) is 35.8 Å². The van der Waals surface area contributed by atoms with Crippen molar-refractivity contribution in [2.45, 2.75) is 32.1 Å². The lowest BCUT2D eigenvalue weighted by molar-refractivity contribution is 0.382. The number of nitrogens with zero attached hydrogens (tertiary/aromatic N) is 1. The summed E-state index contributed by atoms with van der Waals surface area (Å²) >= 11 is 0. The van der Waals surface area contributed by atoms with E-state index in [1.165, 1.54) is 16.7 Å². The van der Waals surface area contributed by atoms with Gasteiger partial charge in [-0.2, -0.15) is 5.26 Å². The van der Waals surface area contributed by atoms with Gasteiger partial charge in [-0.1, -0.05) is 29.3 Å². The van der Waals surface area contributed by atoms with Gasteiger partial charge in [0.1, 0.15) is 0 Å². The third kappa shape index (κ3) is 1.96. The lowest BCUT2D eigenvalue weighted by Crippen LogP contribution is -2.38. The summed E-state index contributed by atoms with van der Waals surface area (Å²) in [5.41, 5.74) is 3.45. The lowest BCUT2D eigenvalue weighted by Gasteiger charge is -2.32. The Bertz CT molecular complexity index is 403. The van der Waals surface area contributed by atoms with Gasteiger partial charge in [-0.05, 0) is 45.3 Å². The van der Waals surface area contributed by atoms with Crippen LogP contribution in [-0.4, -0.2) is 13.1 Å². The number of rotatable bonds is 1. The highest BCUT2D eigenvalue weighted by molar-refractivity contribution is 5.38. The SMILES string of the molecule is Cc1cc(C)cc(C2(C#N)CCNCC2)c1. The van der Waals surface area contributed by atoms with Crippen molar-refractivity contribution in [3.05, 3.63) is 34.9 Å². The molecule has 0 aromatic heterocycles. The fraction of sp³-hybridized carbons (Fsp3) is 0.500. The first-order valence-corrected chi connectivity index (χ1v) is 5.87. The third-order valence-corrected chi connectivity index (χ3v) is 3.45. The van der Waals surface area contributed by atoms with E-state index < -0.39 is 0 Å². The summed E-state index contributed by atoms with van der Waals surface area (Å²) < 4.78 is 0. The molecule has 0 bridgehead atoms. The van der Waals surface area contributed by atoms with Gasteiger partial charge in [-0.15, -0.1) is 0 Å². The maximum absolute atomic E-state index is 9.50. The van der Waals surface area contributed by atoms with Crippen LogP contribution in [0.5, 0.6) is 0 Å². The Kier molecular flexibility index (Phi) is 2.98. The molecule has 0 spiro atoms. The van der Waals surface area contributed by atoms with E-state index >= 15 is 0 Å². The molecular weight excluding hydrogens is 196 g/mol. The Balaban J connectivity index is 2.43. The maximum Gasteiger partial charge on any atom is 0.0846 e. The van der Waals surface area contributed by atoms with Gasteiger partial charge in [0.05, 0.1) is 11.5 Å². The summed E-state index contributed by atoms with van der Waals surface area (Å²) in [6, 6.07) is 9.05. The quantitative estimate of drug-likeness (QED) is 0.779. The molecule has 0 saturated carbocycles. The van der Waals surface area contributed by atoms with Crippen LogP contribution in [0.3, 0.4) is 0 Å². The number of benzene rings is 1. The number of nitriles is 1. The molecule has 1 N–H and O–H groups in total. The molecule has 1 aliphatic rings. The van der Waals surface area contributed by atoms with E-state index in [0.717, 1.165) is 25.9 Å². The summed E-state index contributed by atoms with van der Waals surface area (Å²) in [5.74, 6) is 0. The van der Waals surface area contributed by atoms with Crippen molar-refractivity contribution in [2.75, 3.05) is 13.1 Å². The zero-order valence-electron chi connectivity index (χ0n) is 10.0. The van der Waals surface area contributed by atoms with Gasteiger partial charge in [0.25, 0.3) is 0 Å². The number of nitrogens with one attached hydrogen (secondary N) is 1. The van der Waals surface area contributed by atoms with E-state index in [4.69, 9.17) is 0 Å². The minimum atomic E-state index is -0.262. The summed E-state index contributed by atoms with van der Waals surface area (Å²) in [4.78, 5) is 0. The van der Waals surface area contributed by atoms with E-state index in [9.17, 15) is 5.26 Å². The van der Waals surface area contributed by atoms with Crippen molar-refractivity contribution < 1.29 is 0 Å². The zero-order valence-corrected chi connectivity index (χ0v) is 10.0. The number of hydrogen-bond acceptors (Lipinski definition) is 2. The van der Waals surface area contributed by atoms with Gasteiger partial charge in [0.15, 0.2) is 0 Å². The fourth-order valence-corrected chi connectivity index (χ4v) is 2.57. The van der Waals surface area contributed by atoms with Crippen LogP contribution in [0.15, 0.2) is 18.2 Å². The molecule has 0 amide bonds. The van der Waals surface area contributed by atoms with Crippen molar-refractivity contribution in [3.63, 3.8) is 0 Å². The Hall–Kier alpha value is -1.33. The first-order chi connectivity index (χ1) is 7.66. The second kappa shape index (κ2) is 4.27. The Morgan fingerprint density at radius 3 is 2.19 bits per heavy atom. The summed E-state index contributed by atoms with van der Waals surface area (Å²) in [6.45, 7) is 6.09. The van der Waals surface area contributed by atoms with Crippen molar-refractivity contribution in [3.8, 4) is 6.07 Å². The lowest BCUT2D eigenvalue weighted by atomic mass is 9.74. The molecule has 1 heterocycles. The Morgan fingerprint density at radius 2 is 1.69 bits per heavy atom. The molecule has 2 rings (SSSR count). The highest BCUT2D eigenvalue weighted by Gasteiger charge is 2.34. The first-order valence-electron chi connectivity index (χ1n) is 5.87. The molecule has 1 saturated heterocycles. The molecule has 1 aliphatic heterocycles. The van der Waals surface area contributed by atoms with Gasteiger partial charge in [0.2, 0.25) is 0 Å². The Labute approximate surface area is 97.3 Å². The average Bonchev–Trinajstić information content (AvgIpc) is 2.28. The number of piperidine rings is 1. The van der Waals surface area contributed by atoms with Crippen LogP contribution in [-0.2, 0) is 5.41 Å². The van der Waals surface area contributed by atoms with Crippen LogP contribution in [0, 0.1) is 25.2 Å². The van der Waals surface area contributed by atoms with Gasteiger partial charge in [-0.3, -0.25) is 0 Å². The standard InChI is InChI=1S/C14H18N2/c1-11-7-12(2)9-13(8-11)14(10-15)3-5-16-6-4-14/h7-9,16H,3-6H2,1-2H3. The van der Waals surface area contributed by atoms with E-state index in [1.807, 2.05) is 0 Å². The molecule has 1 fully saturated rings. The van der Waals surface area contributed by atoms with Gasteiger partial charge >= 0.3 is 0 Å². The Morgan fingerprint density at radius 1 is 1.12 bits per heavy atom. The molecule has 0 atom stereocenters. The summed E-state index contributed by atoms with van der Waals surface area (Å²) in [6.07, 6.45) is 1.85.